The van der Waals surface area contributed by atoms with Gasteiger partial charge in [0.1, 0.15) is 23.1 Å². The fraction of sp³-hybridized carbons (Fsp3) is 0.100. The van der Waals surface area contributed by atoms with Crippen LogP contribution in [0, 0.1) is 5.95 Å². The summed E-state index contributed by atoms with van der Waals surface area (Å²) < 4.78 is 23.8. The van der Waals surface area contributed by atoms with Gasteiger partial charge in [-0.25, -0.2) is 4.98 Å². The first kappa shape index (κ1) is 18.2. The highest BCUT2D eigenvalue weighted by Crippen LogP contribution is 2.24. The summed E-state index contributed by atoms with van der Waals surface area (Å²) in [5.41, 5.74) is 6.58. The predicted molar refractivity (Wildman–Crippen MR) is 99.3 cm³/mol. The number of amides is 1. The van der Waals surface area contributed by atoms with E-state index in [9.17, 15) is 9.18 Å². The molecule has 27 heavy (non-hydrogen) atoms. The van der Waals surface area contributed by atoms with Gasteiger partial charge in [0.05, 0.1) is 12.7 Å². The van der Waals surface area contributed by atoms with Crippen LogP contribution in [0.15, 0.2) is 60.7 Å². The summed E-state index contributed by atoms with van der Waals surface area (Å²) in [4.78, 5) is 15.6. The zero-order valence-corrected chi connectivity index (χ0v) is 14.6. The number of aromatic nitrogens is 1. The van der Waals surface area contributed by atoms with Crippen LogP contribution >= 0.6 is 0 Å². The van der Waals surface area contributed by atoms with Gasteiger partial charge in [-0.3, -0.25) is 4.79 Å². The van der Waals surface area contributed by atoms with Crippen LogP contribution < -0.4 is 20.5 Å². The second-order valence-corrected chi connectivity index (χ2v) is 5.67. The van der Waals surface area contributed by atoms with Crippen LogP contribution in [0.4, 0.5) is 10.2 Å². The molecule has 6 nitrogen and oxygen atoms in total. The number of nitrogens with two attached hydrogens (primary N) is 1. The molecule has 0 unspecified atom stereocenters. The van der Waals surface area contributed by atoms with Gasteiger partial charge in [0.25, 0.3) is 5.91 Å². The Kier molecular flexibility index (Phi) is 5.51. The number of benzene rings is 2. The van der Waals surface area contributed by atoms with Gasteiger partial charge >= 0.3 is 0 Å². The average molecular weight is 367 g/mol. The Bertz CT molecular complexity index is 928. The van der Waals surface area contributed by atoms with Crippen molar-refractivity contribution in [3.8, 4) is 17.2 Å². The molecule has 0 spiro atoms. The van der Waals surface area contributed by atoms with E-state index in [-0.39, 0.29) is 11.4 Å². The minimum Gasteiger partial charge on any atom is -0.497 e. The van der Waals surface area contributed by atoms with Crippen LogP contribution in [0.1, 0.15) is 15.9 Å². The Hall–Kier alpha value is -3.61. The normalized spacial score (nSPS) is 10.3. The molecule has 0 saturated carbocycles. The lowest BCUT2D eigenvalue weighted by Crippen LogP contribution is -2.24. The van der Waals surface area contributed by atoms with Crippen LogP contribution in [0.2, 0.25) is 0 Å². The highest BCUT2D eigenvalue weighted by molar-refractivity contribution is 5.98. The minimum atomic E-state index is -0.725. The van der Waals surface area contributed by atoms with Crippen LogP contribution in [-0.4, -0.2) is 18.0 Å². The zero-order chi connectivity index (χ0) is 19.2. The predicted octanol–water partition coefficient (Wildman–Crippen LogP) is 3.53. The maximum Gasteiger partial charge on any atom is 0.255 e. The molecule has 7 heteroatoms. The number of nitrogens with zero attached hydrogens (tertiary/aromatic N) is 1. The van der Waals surface area contributed by atoms with Crippen molar-refractivity contribution in [3.05, 3.63) is 77.7 Å². The van der Waals surface area contributed by atoms with Gasteiger partial charge in [-0.1, -0.05) is 12.1 Å². The number of methoxy groups -OCH3 is 1. The molecule has 1 aromatic heterocycles. The van der Waals surface area contributed by atoms with Gasteiger partial charge in [-0.05, 0) is 54.1 Å². The van der Waals surface area contributed by atoms with E-state index in [0.717, 1.165) is 17.4 Å². The highest BCUT2D eigenvalue weighted by Gasteiger charge is 2.11. The van der Waals surface area contributed by atoms with E-state index in [1.54, 1.807) is 19.2 Å². The topological polar surface area (TPSA) is 86.5 Å². The summed E-state index contributed by atoms with van der Waals surface area (Å²) in [6.07, 6.45) is 0. The van der Waals surface area contributed by atoms with Crippen LogP contribution in [0.25, 0.3) is 0 Å². The van der Waals surface area contributed by atoms with Crippen LogP contribution in [0.3, 0.4) is 0 Å². The molecule has 0 atom stereocenters. The number of nitrogen functional groups attached to an aromatic ring is 1. The summed E-state index contributed by atoms with van der Waals surface area (Å²) in [5, 5.41) is 2.72. The quantitative estimate of drug-likeness (QED) is 0.651. The van der Waals surface area contributed by atoms with E-state index in [0.29, 0.717) is 18.0 Å². The number of hydrogen-bond acceptors (Lipinski definition) is 5. The third-order valence-electron chi connectivity index (χ3n) is 3.81. The van der Waals surface area contributed by atoms with E-state index in [1.165, 1.54) is 6.07 Å². The molecule has 2 aromatic carbocycles. The molecule has 0 fully saturated rings. The summed E-state index contributed by atoms with van der Waals surface area (Å²) in [7, 11) is 1.61. The maximum absolute atomic E-state index is 13.0. The molecule has 3 aromatic rings. The molecule has 3 rings (SSSR count). The fourth-order valence-electron chi connectivity index (χ4n) is 2.37. The lowest BCUT2D eigenvalue weighted by Gasteiger charge is -2.09. The van der Waals surface area contributed by atoms with E-state index in [1.807, 2.05) is 36.4 Å². The van der Waals surface area contributed by atoms with Gasteiger partial charge in [-0.2, -0.15) is 4.39 Å². The van der Waals surface area contributed by atoms with Crippen LogP contribution in [0.5, 0.6) is 17.2 Å². The summed E-state index contributed by atoms with van der Waals surface area (Å²) >= 11 is 0. The molecule has 0 radical (unpaired) electrons. The number of carbonyl (C=O) groups excluding carboxylic acids is 1. The zero-order valence-electron chi connectivity index (χ0n) is 14.6. The first-order chi connectivity index (χ1) is 13.0. The Morgan fingerprint density at radius 3 is 2.19 bits per heavy atom. The first-order valence-electron chi connectivity index (χ1n) is 8.16. The van der Waals surface area contributed by atoms with Crippen molar-refractivity contribution in [1.29, 1.82) is 0 Å². The second-order valence-electron chi connectivity index (χ2n) is 5.67. The average Bonchev–Trinajstić information content (AvgIpc) is 2.68. The first-order valence-corrected chi connectivity index (χ1v) is 8.16. The van der Waals surface area contributed by atoms with E-state index >= 15 is 0 Å². The number of nitrogens with one attached hydrogen (secondary N) is 1. The molecule has 0 aliphatic carbocycles. The Labute approximate surface area is 155 Å². The Balaban J connectivity index is 1.57. The number of carbonyl (C=O) groups is 1. The van der Waals surface area contributed by atoms with Crippen molar-refractivity contribution in [2.24, 2.45) is 0 Å². The van der Waals surface area contributed by atoms with Crippen molar-refractivity contribution in [3.63, 3.8) is 0 Å². The summed E-state index contributed by atoms with van der Waals surface area (Å²) in [6.45, 7) is 0.290. The van der Waals surface area contributed by atoms with E-state index in [4.69, 9.17) is 15.2 Å². The lowest BCUT2D eigenvalue weighted by atomic mass is 10.2. The maximum atomic E-state index is 13.0. The number of halogens is 1. The van der Waals surface area contributed by atoms with Crippen molar-refractivity contribution in [2.75, 3.05) is 12.8 Å². The molecule has 138 valence electrons. The monoisotopic (exact) mass is 367 g/mol. The van der Waals surface area contributed by atoms with E-state index < -0.39 is 11.9 Å². The number of pyridine rings is 1. The molecular weight excluding hydrogens is 349 g/mol. The van der Waals surface area contributed by atoms with Gasteiger partial charge in [0.2, 0.25) is 5.95 Å². The molecule has 0 saturated heterocycles. The van der Waals surface area contributed by atoms with Crippen molar-refractivity contribution < 1.29 is 18.7 Å². The molecule has 0 bridgehead atoms. The molecule has 1 amide bonds. The number of anilines is 1. The van der Waals surface area contributed by atoms with Gasteiger partial charge < -0.3 is 20.5 Å². The molecule has 0 aliphatic heterocycles. The number of rotatable bonds is 6. The van der Waals surface area contributed by atoms with Crippen molar-refractivity contribution in [2.45, 2.75) is 6.54 Å². The standard InChI is InChI=1S/C20H18FN3O3/c1-26-14-6-8-16(9-7-14)27-15-4-2-13(3-5-15)12-23-20(25)17-10-11-18(21)24-19(17)22/h2-11H,12H2,1H3,(H2,22,24)(H,23,25). The third-order valence-corrected chi connectivity index (χ3v) is 3.81. The molecule has 3 N–H and O–H groups in total. The van der Waals surface area contributed by atoms with Gasteiger partial charge in [-0.15, -0.1) is 0 Å². The smallest absolute Gasteiger partial charge is 0.255 e. The molecule has 0 aliphatic rings. The van der Waals surface area contributed by atoms with E-state index in [2.05, 4.69) is 10.3 Å². The molecular formula is C20H18FN3O3. The lowest BCUT2D eigenvalue weighted by molar-refractivity contribution is 0.0951. The molecule has 1 heterocycles. The largest absolute Gasteiger partial charge is 0.497 e. The summed E-state index contributed by atoms with van der Waals surface area (Å²) in [6, 6.07) is 16.9. The third kappa shape index (κ3) is 4.72. The Morgan fingerprint density at radius 1 is 1.00 bits per heavy atom. The summed E-state index contributed by atoms with van der Waals surface area (Å²) in [5.74, 6) is 0.828. The SMILES string of the molecule is COc1ccc(Oc2ccc(CNC(=O)c3ccc(F)nc3N)cc2)cc1. The second kappa shape index (κ2) is 8.18. The highest BCUT2D eigenvalue weighted by atomic mass is 19.1. The minimum absolute atomic E-state index is 0.135. The number of hydrogen-bond donors (Lipinski definition) is 2. The fourth-order valence-corrected chi connectivity index (χ4v) is 2.37. The van der Waals surface area contributed by atoms with Crippen LogP contribution in [-0.2, 0) is 6.54 Å². The van der Waals surface area contributed by atoms with Crippen molar-refractivity contribution in [1.82, 2.24) is 10.3 Å². The Morgan fingerprint density at radius 2 is 1.59 bits per heavy atom. The van der Waals surface area contributed by atoms with Crippen molar-refractivity contribution >= 4 is 11.7 Å². The number of ether oxygens (including phenoxy) is 2. The van der Waals surface area contributed by atoms with Gasteiger partial charge in [0, 0.05) is 6.54 Å². The van der Waals surface area contributed by atoms with Gasteiger partial charge in [0.15, 0.2) is 0 Å².